The molecule has 5 heteroatoms. The molecule has 3 rings (SSSR count). The molecule has 5 nitrogen and oxygen atoms in total. The van der Waals surface area contributed by atoms with Crippen molar-refractivity contribution in [3.63, 3.8) is 0 Å². The summed E-state index contributed by atoms with van der Waals surface area (Å²) in [6.07, 6.45) is 4.76. The number of rotatable bonds is 4. The average molecular weight is 267 g/mol. The molecule has 2 saturated heterocycles. The van der Waals surface area contributed by atoms with Gasteiger partial charge in [0, 0.05) is 32.2 Å². The standard InChI is InChI=1S/C14H25N3O2/c1-16-7-8-19-12(9-16)10-17-6-2-3-13(14(17)18)15-11-4-5-11/h11-13,15H,2-10H2,1H3. The number of hydrogen-bond acceptors (Lipinski definition) is 4. The molecule has 0 aromatic carbocycles. The number of ether oxygens (including phenoxy) is 1. The maximum atomic E-state index is 12.4. The van der Waals surface area contributed by atoms with E-state index in [1.807, 2.05) is 4.90 Å². The summed E-state index contributed by atoms with van der Waals surface area (Å²) in [5.41, 5.74) is 0. The molecule has 0 aromatic rings. The van der Waals surface area contributed by atoms with Crippen LogP contribution >= 0.6 is 0 Å². The summed E-state index contributed by atoms with van der Waals surface area (Å²) >= 11 is 0. The number of nitrogens with zero attached hydrogens (tertiary/aromatic N) is 2. The van der Waals surface area contributed by atoms with Crippen LogP contribution in [0.2, 0.25) is 0 Å². The number of nitrogens with one attached hydrogen (secondary N) is 1. The molecule has 0 spiro atoms. The molecule has 3 fully saturated rings. The number of morpholine rings is 1. The Kier molecular flexibility index (Phi) is 4.05. The molecule has 0 aromatic heterocycles. The first-order chi connectivity index (χ1) is 9.22. The van der Waals surface area contributed by atoms with Gasteiger partial charge in [-0.15, -0.1) is 0 Å². The normalized spacial score (nSPS) is 33.7. The summed E-state index contributed by atoms with van der Waals surface area (Å²) in [6.45, 7) is 4.37. The van der Waals surface area contributed by atoms with Gasteiger partial charge in [0.25, 0.3) is 0 Å². The molecule has 2 aliphatic heterocycles. The lowest BCUT2D eigenvalue weighted by atomic mass is 10.0. The number of piperidine rings is 1. The lowest BCUT2D eigenvalue weighted by Gasteiger charge is -2.37. The predicted octanol–water partition coefficient (Wildman–Crippen LogP) is 0.0600. The van der Waals surface area contributed by atoms with E-state index in [4.69, 9.17) is 4.74 Å². The van der Waals surface area contributed by atoms with E-state index in [0.717, 1.165) is 45.6 Å². The van der Waals surface area contributed by atoms with Crippen molar-refractivity contribution < 1.29 is 9.53 Å². The van der Waals surface area contributed by atoms with Crippen LogP contribution in [0.25, 0.3) is 0 Å². The van der Waals surface area contributed by atoms with Crippen LogP contribution in [0.15, 0.2) is 0 Å². The maximum Gasteiger partial charge on any atom is 0.239 e. The summed E-state index contributed by atoms with van der Waals surface area (Å²) in [5, 5.41) is 3.48. The van der Waals surface area contributed by atoms with Gasteiger partial charge in [0.15, 0.2) is 0 Å². The number of carbonyl (C=O) groups excluding carboxylic acids is 1. The van der Waals surface area contributed by atoms with Gasteiger partial charge in [0.2, 0.25) is 5.91 Å². The minimum absolute atomic E-state index is 0.0579. The minimum Gasteiger partial charge on any atom is -0.374 e. The third-order valence-corrected chi connectivity index (χ3v) is 4.31. The summed E-state index contributed by atoms with van der Waals surface area (Å²) < 4.78 is 5.77. The number of carbonyl (C=O) groups is 1. The van der Waals surface area contributed by atoms with Crippen molar-refractivity contribution in [2.45, 2.75) is 43.9 Å². The third kappa shape index (κ3) is 3.46. The summed E-state index contributed by atoms with van der Waals surface area (Å²) in [6, 6.07) is 0.661. The van der Waals surface area contributed by atoms with E-state index in [-0.39, 0.29) is 18.1 Å². The Balaban J connectivity index is 1.52. The van der Waals surface area contributed by atoms with E-state index >= 15 is 0 Å². The van der Waals surface area contributed by atoms with E-state index in [9.17, 15) is 4.79 Å². The van der Waals surface area contributed by atoms with Crippen molar-refractivity contribution >= 4 is 5.91 Å². The monoisotopic (exact) mass is 267 g/mol. The summed E-state index contributed by atoms with van der Waals surface area (Å²) in [4.78, 5) is 16.7. The van der Waals surface area contributed by atoms with Gasteiger partial charge in [-0.3, -0.25) is 4.79 Å². The Morgan fingerprint density at radius 3 is 2.89 bits per heavy atom. The van der Waals surface area contributed by atoms with Crippen molar-refractivity contribution in [3.05, 3.63) is 0 Å². The van der Waals surface area contributed by atoms with Gasteiger partial charge in [-0.2, -0.15) is 0 Å². The Morgan fingerprint density at radius 1 is 1.32 bits per heavy atom. The molecular formula is C14H25N3O2. The molecule has 2 heterocycles. The van der Waals surface area contributed by atoms with Crippen LogP contribution in [0, 0.1) is 0 Å². The van der Waals surface area contributed by atoms with Gasteiger partial charge >= 0.3 is 0 Å². The molecule has 1 saturated carbocycles. The van der Waals surface area contributed by atoms with Crippen molar-refractivity contribution in [2.75, 3.05) is 39.8 Å². The van der Waals surface area contributed by atoms with Crippen molar-refractivity contribution in [1.29, 1.82) is 0 Å². The van der Waals surface area contributed by atoms with Crippen LogP contribution < -0.4 is 5.32 Å². The van der Waals surface area contributed by atoms with E-state index in [1.54, 1.807) is 0 Å². The quantitative estimate of drug-likeness (QED) is 0.782. The molecule has 2 unspecified atom stereocenters. The molecule has 1 amide bonds. The minimum atomic E-state index is 0.0579. The second-order valence-electron chi connectivity index (χ2n) is 6.18. The lowest BCUT2D eigenvalue weighted by molar-refractivity contribution is -0.139. The molecule has 1 aliphatic carbocycles. The predicted molar refractivity (Wildman–Crippen MR) is 73.0 cm³/mol. The van der Waals surface area contributed by atoms with Gasteiger partial charge in [0.05, 0.1) is 18.8 Å². The highest BCUT2D eigenvalue weighted by Gasteiger charge is 2.34. The fourth-order valence-electron chi connectivity index (χ4n) is 3.03. The Morgan fingerprint density at radius 2 is 2.16 bits per heavy atom. The zero-order valence-corrected chi connectivity index (χ0v) is 11.8. The molecule has 2 atom stereocenters. The van der Waals surface area contributed by atoms with E-state index in [2.05, 4.69) is 17.3 Å². The van der Waals surface area contributed by atoms with Gasteiger partial charge in [-0.05, 0) is 32.7 Å². The fourth-order valence-corrected chi connectivity index (χ4v) is 3.03. The first-order valence-corrected chi connectivity index (χ1v) is 7.57. The van der Waals surface area contributed by atoms with E-state index in [0.29, 0.717) is 6.04 Å². The third-order valence-electron chi connectivity index (χ3n) is 4.31. The van der Waals surface area contributed by atoms with Crippen LogP contribution in [0.1, 0.15) is 25.7 Å². The Labute approximate surface area is 115 Å². The second kappa shape index (κ2) is 5.77. The number of hydrogen-bond donors (Lipinski definition) is 1. The Bertz CT molecular complexity index is 333. The SMILES string of the molecule is CN1CCOC(CN2CCCC(NC3CC3)C2=O)C1. The van der Waals surface area contributed by atoms with E-state index < -0.39 is 0 Å². The largest absolute Gasteiger partial charge is 0.374 e. The van der Waals surface area contributed by atoms with E-state index in [1.165, 1.54) is 12.8 Å². The zero-order chi connectivity index (χ0) is 13.2. The van der Waals surface area contributed by atoms with Gasteiger partial charge in [0.1, 0.15) is 0 Å². The van der Waals surface area contributed by atoms with Crippen molar-refractivity contribution in [3.8, 4) is 0 Å². The average Bonchev–Trinajstić information content (AvgIpc) is 3.18. The smallest absolute Gasteiger partial charge is 0.239 e. The highest BCUT2D eigenvalue weighted by molar-refractivity contribution is 5.82. The molecule has 0 radical (unpaired) electrons. The topological polar surface area (TPSA) is 44.8 Å². The number of amides is 1. The summed E-state index contributed by atoms with van der Waals surface area (Å²) in [5.74, 6) is 0.287. The molecule has 19 heavy (non-hydrogen) atoms. The fraction of sp³-hybridized carbons (Fsp3) is 0.929. The number of likely N-dealkylation sites (N-methyl/N-ethyl adjacent to an activating group) is 1. The molecule has 108 valence electrons. The molecule has 0 bridgehead atoms. The first kappa shape index (κ1) is 13.3. The van der Waals surface area contributed by atoms with Gasteiger partial charge in [-0.25, -0.2) is 0 Å². The van der Waals surface area contributed by atoms with Crippen molar-refractivity contribution in [1.82, 2.24) is 15.1 Å². The zero-order valence-electron chi connectivity index (χ0n) is 11.8. The molecule has 3 aliphatic rings. The van der Waals surface area contributed by atoms with Crippen LogP contribution in [0.5, 0.6) is 0 Å². The molecular weight excluding hydrogens is 242 g/mol. The first-order valence-electron chi connectivity index (χ1n) is 7.57. The van der Waals surface area contributed by atoms with Crippen molar-refractivity contribution in [2.24, 2.45) is 0 Å². The van der Waals surface area contributed by atoms with Crippen LogP contribution in [0.4, 0.5) is 0 Å². The van der Waals surface area contributed by atoms with Gasteiger partial charge in [-0.1, -0.05) is 0 Å². The lowest BCUT2D eigenvalue weighted by Crippen LogP contribution is -2.55. The highest BCUT2D eigenvalue weighted by Crippen LogP contribution is 2.22. The molecule has 1 N–H and O–H groups in total. The van der Waals surface area contributed by atoms with Crippen LogP contribution in [-0.2, 0) is 9.53 Å². The second-order valence-corrected chi connectivity index (χ2v) is 6.18. The van der Waals surface area contributed by atoms with Crippen LogP contribution in [-0.4, -0.2) is 73.7 Å². The summed E-state index contributed by atoms with van der Waals surface area (Å²) in [7, 11) is 2.12. The maximum absolute atomic E-state index is 12.4. The Hall–Kier alpha value is -0.650. The van der Waals surface area contributed by atoms with Crippen LogP contribution in [0.3, 0.4) is 0 Å². The van der Waals surface area contributed by atoms with Gasteiger partial charge < -0.3 is 19.9 Å². The number of likely N-dealkylation sites (tertiary alicyclic amines) is 1. The highest BCUT2D eigenvalue weighted by atomic mass is 16.5.